The first-order chi connectivity index (χ1) is 16.3. The summed E-state index contributed by atoms with van der Waals surface area (Å²) in [5.74, 6) is -0.118. The maximum absolute atomic E-state index is 13.0. The normalized spacial score (nSPS) is 28.9. The van der Waals surface area contributed by atoms with Crippen molar-refractivity contribution in [2.45, 2.75) is 75.5 Å². The number of epoxide rings is 1. The van der Waals surface area contributed by atoms with Crippen LogP contribution in [0.1, 0.15) is 53.9 Å². The fraction of sp³-hybridized carbons (Fsp3) is 0.481. The number of carbonyl (C=O) groups excluding carboxylic acids is 1. The molecule has 0 bridgehead atoms. The SMILES string of the molecule is CC(/C=C/C=C(\C)C(=O)C[C@@]12O[C@]1(C)C[C@@H](O)CC2(C)C)=C\CS(=O)(=O)c1nc2ccccc2s1. The van der Waals surface area contributed by atoms with Gasteiger partial charge in [-0.1, -0.05) is 55.9 Å². The second-order valence-corrected chi connectivity index (χ2v) is 13.8. The van der Waals surface area contributed by atoms with Crippen molar-refractivity contribution in [2.24, 2.45) is 5.41 Å². The Balaban J connectivity index is 1.38. The minimum absolute atomic E-state index is 0.0166. The Morgan fingerprint density at radius 2 is 1.94 bits per heavy atom. The number of hydrogen-bond donors (Lipinski definition) is 1. The number of aromatic nitrogens is 1. The number of rotatable bonds is 8. The number of Topliss-reactive ketones (excluding diaryl/α,β-unsaturated/α-hetero) is 1. The van der Waals surface area contributed by atoms with Gasteiger partial charge in [0, 0.05) is 12.8 Å². The van der Waals surface area contributed by atoms with Crippen molar-refractivity contribution >= 4 is 37.2 Å². The first-order valence-corrected chi connectivity index (χ1v) is 14.3. The predicted octanol–water partition coefficient (Wildman–Crippen LogP) is 5.19. The van der Waals surface area contributed by atoms with Crippen LogP contribution in [0.3, 0.4) is 0 Å². The van der Waals surface area contributed by atoms with Crippen molar-refractivity contribution in [2.75, 3.05) is 5.75 Å². The summed E-state index contributed by atoms with van der Waals surface area (Å²) < 4.78 is 32.5. The summed E-state index contributed by atoms with van der Waals surface area (Å²) in [5, 5.41) is 10.2. The van der Waals surface area contributed by atoms with Crippen LogP contribution in [-0.4, -0.2) is 47.4 Å². The number of nitrogens with zero attached hydrogens (tertiary/aromatic N) is 1. The van der Waals surface area contributed by atoms with Gasteiger partial charge in [-0.15, -0.1) is 11.3 Å². The number of carbonyl (C=O) groups is 1. The lowest BCUT2D eigenvalue weighted by Crippen LogP contribution is -2.48. The Labute approximate surface area is 211 Å². The molecule has 4 rings (SSSR count). The Hall–Kier alpha value is -2.13. The van der Waals surface area contributed by atoms with E-state index >= 15 is 0 Å². The molecule has 0 amide bonds. The van der Waals surface area contributed by atoms with Gasteiger partial charge in [0.15, 0.2) is 5.78 Å². The molecule has 0 spiro atoms. The molecule has 35 heavy (non-hydrogen) atoms. The van der Waals surface area contributed by atoms with E-state index in [0.29, 0.717) is 23.9 Å². The highest BCUT2D eigenvalue weighted by atomic mass is 32.2. The first kappa shape index (κ1) is 25.9. The molecule has 188 valence electrons. The minimum atomic E-state index is -3.52. The molecule has 1 saturated heterocycles. The largest absolute Gasteiger partial charge is 0.393 e. The number of aliphatic hydroxyl groups is 1. The summed E-state index contributed by atoms with van der Waals surface area (Å²) in [6, 6.07) is 7.37. The molecule has 0 radical (unpaired) electrons. The molecule has 0 unspecified atom stereocenters. The van der Waals surface area contributed by atoms with Gasteiger partial charge < -0.3 is 9.84 Å². The monoisotopic (exact) mass is 515 g/mol. The maximum atomic E-state index is 13.0. The van der Waals surface area contributed by atoms with Crippen molar-refractivity contribution in [1.29, 1.82) is 0 Å². The molecule has 6 nitrogen and oxygen atoms in total. The van der Waals surface area contributed by atoms with E-state index in [-0.39, 0.29) is 27.7 Å². The van der Waals surface area contributed by atoms with Gasteiger partial charge in [0.2, 0.25) is 14.2 Å². The highest BCUT2D eigenvalue weighted by Crippen LogP contribution is 2.67. The summed E-state index contributed by atoms with van der Waals surface area (Å²) >= 11 is 1.18. The number of ketones is 1. The van der Waals surface area contributed by atoms with Crippen LogP contribution in [0.5, 0.6) is 0 Å². The highest BCUT2D eigenvalue weighted by Gasteiger charge is 2.76. The van der Waals surface area contributed by atoms with Crippen molar-refractivity contribution < 1.29 is 23.1 Å². The molecular weight excluding hydrogens is 482 g/mol. The molecule has 2 heterocycles. The van der Waals surface area contributed by atoms with Gasteiger partial charge >= 0.3 is 0 Å². The maximum Gasteiger partial charge on any atom is 0.210 e. The number of ether oxygens (including phenoxy) is 1. The zero-order chi connectivity index (χ0) is 25.6. The number of aliphatic hydroxyl groups excluding tert-OH is 1. The highest BCUT2D eigenvalue weighted by molar-refractivity contribution is 7.93. The van der Waals surface area contributed by atoms with Crippen LogP contribution < -0.4 is 0 Å². The van der Waals surface area contributed by atoms with E-state index in [1.54, 1.807) is 37.3 Å². The molecule has 2 fully saturated rings. The van der Waals surface area contributed by atoms with E-state index in [1.807, 2.05) is 32.0 Å². The molecule has 1 N–H and O–H groups in total. The third kappa shape index (κ3) is 4.94. The number of hydrogen-bond acceptors (Lipinski definition) is 7. The molecule has 3 atom stereocenters. The molecule has 2 aromatic rings. The number of fused-ring (bicyclic) bond motifs is 2. The second-order valence-electron chi connectivity index (χ2n) is 10.6. The molecule has 1 aromatic heterocycles. The predicted molar refractivity (Wildman–Crippen MR) is 139 cm³/mol. The van der Waals surface area contributed by atoms with Gasteiger partial charge in [-0.25, -0.2) is 13.4 Å². The zero-order valence-corrected chi connectivity index (χ0v) is 22.5. The summed E-state index contributed by atoms with van der Waals surface area (Å²) in [6.45, 7) is 9.71. The van der Waals surface area contributed by atoms with Crippen molar-refractivity contribution in [1.82, 2.24) is 4.98 Å². The Morgan fingerprint density at radius 3 is 2.63 bits per heavy atom. The van der Waals surface area contributed by atoms with Gasteiger partial charge in [0.1, 0.15) is 5.60 Å². The quantitative estimate of drug-likeness (QED) is 0.295. The average Bonchev–Trinajstić information content (AvgIpc) is 3.15. The minimum Gasteiger partial charge on any atom is -0.393 e. The average molecular weight is 516 g/mol. The van der Waals surface area contributed by atoms with Crippen LogP contribution in [0, 0.1) is 5.41 Å². The van der Waals surface area contributed by atoms with Gasteiger partial charge in [-0.05, 0) is 50.3 Å². The molecule has 1 aliphatic carbocycles. The van der Waals surface area contributed by atoms with Crippen LogP contribution in [0.15, 0.2) is 64.1 Å². The van der Waals surface area contributed by atoms with Gasteiger partial charge in [0.25, 0.3) is 0 Å². The first-order valence-electron chi connectivity index (χ1n) is 11.8. The van der Waals surface area contributed by atoms with Gasteiger partial charge in [-0.2, -0.15) is 0 Å². The van der Waals surface area contributed by atoms with Crippen molar-refractivity contribution in [3.05, 3.63) is 59.7 Å². The zero-order valence-electron chi connectivity index (χ0n) is 20.9. The Bertz CT molecular complexity index is 1320. The number of benzene rings is 1. The fourth-order valence-corrected chi connectivity index (χ4v) is 7.87. The lowest BCUT2D eigenvalue weighted by Gasteiger charge is -2.40. The number of allylic oxidation sites excluding steroid dienone is 5. The van der Waals surface area contributed by atoms with E-state index in [2.05, 4.69) is 18.8 Å². The van der Waals surface area contributed by atoms with Gasteiger partial charge in [-0.3, -0.25) is 4.79 Å². The number of para-hydroxylation sites is 1. The fourth-order valence-electron chi connectivity index (χ4n) is 5.32. The lowest BCUT2D eigenvalue weighted by molar-refractivity contribution is -0.118. The standard InChI is InChI=1S/C27H33NO5S2/c1-18(13-14-35(31,32)24-28-21-11-6-7-12-23(21)34-24)9-8-10-19(2)22(30)17-27-25(3,4)15-20(29)16-26(27,5)33-27/h6-13,20,29H,14-17H2,1-5H3/b9-8+,18-13+,19-10+/t20-,26+,27-/m0/s1. The van der Waals surface area contributed by atoms with Crippen LogP contribution in [0.25, 0.3) is 10.2 Å². The smallest absolute Gasteiger partial charge is 0.210 e. The van der Waals surface area contributed by atoms with E-state index in [9.17, 15) is 18.3 Å². The van der Waals surface area contributed by atoms with Gasteiger partial charge in [0.05, 0.1) is 27.7 Å². The Kier molecular flexibility index (Phi) is 6.72. The molecule has 1 aliphatic heterocycles. The topological polar surface area (TPSA) is 96.9 Å². The summed E-state index contributed by atoms with van der Waals surface area (Å²) in [7, 11) is -3.52. The lowest BCUT2D eigenvalue weighted by atomic mass is 9.61. The van der Waals surface area contributed by atoms with Crippen molar-refractivity contribution in [3.8, 4) is 0 Å². The summed E-state index contributed by atoms with van der Waals surface area (Å²) in [4.78, 5) is 17.2. The van der Waals surface area contributed by atoms with E-state index in [0.717, 1.165) is 10.3 Å². The molecular formula is C27H33NO5S2. The number of sulfone groups is 1. The van der Waals surface area contributed by atoms with E-state index in [1.165, 1.54) is 11.3 Å². The van der Waals surface area contributed by atoms with Crippen LogP contribution in [0.2, 0.25) is 0 Å². The Morgan fingerprint density at radius 1 is 1.23 bits per heavy atom. The molecule has 1 saturated carbocycles. The van der Waals surface area contributed by atoms with E-state index in [4.69, 9.17) is 4.74 Å². The van der Waals surface area contributed by atoms with Crippen LogP contribution >= 0.6 is 11.3 Å². The molecule has 8 heteroatoms. The van der Waals surface area contributed by atoms with E-state index < -0.39 is 27.1 Å². The third-order valence-corrected chi connectivity index (χ3v) is 10.5. The molecule has 2 aliphatic rings. The van der Waals surface area contributed by atoms with Crippen LogP contribution in [-0.2, 0) is 19.4 Å². The molecule has 1 aromatic carbocycles. The third-order valence-electron chi connectivity index (χ3n) is 7.40. The van der Waals surface area contributed by atoms with Crippen molar-refractivity contribution in [3.63, 3.8) is 0 Å². The summed E-state index contributed by atoms with van der Waals surface area (Å²) in [6.07, 6.45) is 8.01. The number of thiazole rings is 1. The van der Waals surface area contributed by atoms with Crippen LogP contribution in [0.4, 0.5) is 0 Å². The second kappa shape index (κ2) is 9.07. The summed E-state index contributed by atoms with van der Waals surface area (Å²) in [5.41, 5.74) is 0.787.